The summed E-state index contributed by atoms with van der Waals surface area (Å²) >= 11 is 0. The first-order chi connectivity index (χ1) is 6.60. The van der Waals surface area contributed by atoms with Gasteiger partial charge in [-0.05, 0) is 39.4 Å². The molecule has 2 heteroatoms. The number of nitrogens with zero attached hydrogens (tertiary/aromatic N) is 1. The highest BCUT2D eigenvalue weighted by atomic mass is 15.1. The maximum absolute atomic E-state index is 3.62. The van der Waals surface area contributed by atoms with E-state index in [0.29, 0.717) is 6.04 Å². The maximum Gasteiger partial charge on any atom is 0.0197 e. The van der Waals surface area contributed by atoms with Gasteiger partial charge in [0.2, 0.25) is 0 Å². The van der Waals surface area contributed by atoms with Crippen LogP contribution in [0.25, 0.3) is 0 Å². The van der Waals surface area contributed by atoms with Crippen molar-refractivity contribution in [3.05, 3.63) is 0 Å². The standard InChI is InChI=1S/C12H28N2/c1-6-8-13-12(10-14(4)5)9-11(3)7-2/h11-13H,6-10H2,1-5H3. The van der Waals surface area contributed by atoms with E-state index in [4.69, 9.17) is 0 Å². The molecule has 2 unspecified atom stereocenters. The van der Waals surface area contributed by atoms with Gasteiger partial charge in [0.05, 0.1) is 0 Å². The molecule has 0 rings (SSSR count). The second kappa shape index (κ2) is 8.25. The van der Waals surface area contributed by atoms with E-state index < -0.39 is 0 Å². The van der Waals surface area contributed by atoms with Crippen molar-refractivity contribution in [3.63, 3.8) is 0 Å². The molecule has 0 aromatic rings. The predicted molar refractivity (Wildman–Crippen MR) is 64.7 cm³/mol. The number of nitrogens with one attached hydrogen (secondary N) is 1. The smallest absolute Gasteiger partial charge is 0.0197 e. The van der Waals surface area contributed by atoms with E-state index in [0.717, 1.165) is 19.0 Å². The first-order valence-electron chi connectivity index (χ1n) is 5.98. The molecule has 0 aromatic heterocycles. The van der Waals surface area contributed by atoms with Gasteiger partial charge in [0.25, 0.3) is 0 Å². The molecule has 0 saturated heterocycles. The molecule has 0 fully saturated rings. The van der Waals surface area contributed by atoms with E-state index in [2.05, 4.69) is 45.1 Å². The normalized spacial score (nSPS) is 15.9. The predicted octanol–water partition coefficient (Wildman–Crippen LogP) is 2.35. The molecule has 0 radical (unpaired) electrons. The van der Waals surface area contributed by atoms with Gasteiger partial charge in [-0.25, -0.2) is 0 Å². The van der Waals surface area contributed by atoms with Crippen molar-refractivity contribution in [1.82, 2.24) is 10.2 Å². The summed E-state index contributed by atoms with van der Waals surface area (Å²) in [5.41, 5.74) is 0. The van der Waals surface area contributed by atoms with Crippen LogP contribution in [0.5, 0.6) is 0 Å². The third-order valence-electron chi connectivity index (χ3n) is 2.65. The summed E-state index contributed by atoms with van der Waals surface area (Å²) in [7, 11) is 4.30. The van der Waals surface area contributed by atoms with Crippen LogP contribution in [0, 0.1) is 5.92 Å². The Bertz CT molecular complexity index is 123. The van der Waals surface area contributed by atoms with Crippen LogP contribution in [-0.2, 0) is 0 Å². The van der Waals surface area contributed by atoms with Crippen molar-refractivity contribution in [2.24, 2.45) is 5.92 Å². The van der Waals surface area contributed by atoms with Gasteiger partial charge in [-0.1, -0.05) is 27.2 Å². The number of hydrogen-bond acceptors (Lipinski definition) is 2. The van der Waals surface area contributed by atoms with Gasteiger partial charge < -0.3 is 10.2 Å². The Kier molecular flexibility index (Phi) is 8.20. The van der Waals surface area contributed by atoms with Crippen LogP contribution in [0.4, 0.5) is 0 Å². The molecule has 2 nitrogen and oxygen atoms in total. The molecule has 14 heavy (non-hydrogen) atoms. The Morgan fingerprint density at radius 1 is 1.21 bits per heavy atom. The molecule has 0 bridgehead atoms. The average Bonchev–Trinajstić information content (AvgIpc) is 2.13. The lowest BCUT2D eigenvalue weighted by Gasteiger charge is -2.24. The number of likely N-dealkylation sites (N-methyl/N-ethyl adjacent to an activating group) is 1. The minimum absolute atomic E-state index is 0.667. The van der Waals surface area contributed by atoms with E-state index >= 15 is 0 Å². The second-order valence-electron chi connectivity index (χ2n) is 4.66. The molecular weight excluding hydrogens is 172 g/mol. The summed E-state index contributed by atoms with van der Waals surface area (Å²) in [6.45, 7) is 9.15. The molecule has 0 spiro atoms. The van der Waals surface area contributed by atoms with Gasteiger partial charge in [-0.15, -0.1) is 0 Å². The SMILES string of the molecule is CCCNC(CC(C)CC)CN(C)C. The highest BCUT2D eigenvalue weighted by molar-refractivity contribution is 4.71. The molecule has 0 aliphatic rings. The van der Waals surface area contributed by atoms with Crippen molar-refractivity contribution < 1.29 is 0 Å². The summed E-state index contributed by atoms with van der Waals surface area (Å²) < 4.78 is 0. The van der Waals surface area contributed by atoms with E-state index in [1.54, 1.807) is 0 Å². The quantitative estimate of drug-likeness (QED) is 0.647. The zero-order valence-corrected chi connectivity index (χ0v) is 10.6. The van der Waals surface area contributed by atoms with Crippen LogP contribution < -0.4 is 5.32 Å². The van der Waals surface area contributed by atoms with Crippen LogP contribution in [0.1, 0.15) is 40.0 Å². The van der Waals surface area contributed by atoms with Gasteiger partial charge >= 0.3 is 0 Å². The summed E-state index contributed by atoms with van der Waals surface area (Å²) in [6, 6.07) is 0.667. The number of rotatable bonds is 8. The molecule has 0 aliphatic carbocycles. The van der Waals surface area contributed by atoms with E-state index in [1.165, 1.54) is 19.3 Å². The molecule has 2 atom stereocenters. The molecular formula is C12H28N2. The summed E-state index contributed by atoms with van der Waals surface area (Å²) in [6.07, 6.45) is 3.82. The van der Waals surface area contributed by atoms with Crippen LogP contribution in [0.3, 0.4) is 0 Å². The van der Waals surface area contributed by atoms with Gasteiger partial charge in [0.1, 0.15) is 0 Å². The van der Waals surface area contributed by atoms with Crippen molar-refractivity contribution in [1.29, 1.82) is 0 Å². The van der Waals surface area contributed by atoms with Crippen molar-refractivity contribution in [3.8, 4) is 0 Å². The van der Waals surface area contributed by atoms with Crippen LogP contribution in [0.2, 0.25) is 0 Å². The summed E-state index contributed by atoms with van der Waals surface area (Å²) in [4.78, 5) is 2.27. The third kappa shape index (κ3) is 7.34. The molecule has 0 aromatic carbocycles. The first-order valence-corrected chi connectivity index (χ1v) is 5.98. The topological polar surface area (TPSA) is 15.3 Å². The molecule has 0 heterocycles. The van der Waals surface area contributed by atoms with Gasteiger partial charge in [0.15, 0.2) is 0 Å². The van der Waals surface area contributed by atoms with Crippen LogP contribution in [-0.4, -0.2) is 38.1 Å². The second-order valence-corrected chi connectivity index (χ2v) is 4.66. The van der Waals surface area contributed by atoms with Crippen molar-refractivity contribution in [2.75, 3.05) is 27.2 Å². The van der Waals surface area contributed by atoms with E-state index in [-0.39, 0.29) is 0 Å². The Morgan fingerprint density at radius 3 is 2.29 bits per heavy atom. The molecule has 0 saturated carbocycles. The zero-order valence-electron chi connectivity index (χ0n) is 10.6. The average molecular weight is 200 g/mol. The highest BCUT2D eigenvalue weighted by Crippen LogP contribution is 2.10. The maximum atomic E-state index is 3.62. The molecule has 86 valence electrons. The first kappa shape index (κ1) is 13.9. The van der Waals surface area contributed by atoms with Crippen LogP contribution >= 0.6 is 0 Å². The monoisotopic (exact) mass is 200 g/mol. The van der Waals surface area contributed by atoms with E-state index in [9.17, 15) is 0 Å². The van der Waals surface area contributed by atoms with Crippen molar-refractivity contribution in [2.45, 2.75) is 46.1 Å². The van der Waals surface area contributed by atoms with Gasteiger partial charge in [-0.2, -0.15) is 0 Å². The lowest BCUT2D eigenvalue weighted by molar-refractivity contribution is 0.298. The number of hydrogen-bond donors (Lipinski definition) is 1. The molecule has 0 aliphatic heterocycles. The molecule has 1 N–H and O–H groups in total. The Morgan fingerprint density at radius 2 is 1.86 bits per heavy atom. The van der Waals surface area contributed by atoms with Gasteiger partial charge in [0, 0.05) is 12.6 Å². The summed E-state index contributed by atoms with van der Waals surface area (Å²) in [5.74, 6) is 0.837. The third-order valence-corrected chi connectivity index (χ3v) is 2.65. The lowest BCUT2D eigenvalue weighted by Crippen LogP contribution is -2.39. The zero-order chi connectivity index (χ0) is 11.0. The summed E-state index contributed by atoms with van der Waals surface area (Å²) in [5, 5.41) is 3.62. The van der Waals surface area contributed by atoms with Crippen molar-refractivity contribution >= 4 is 0 Å². The Labute approximate surface area is 90.1 Å². The largest absolute Gasteiger partial charge is 0.313 e. The fourth-order valence-electron chi connectivity index (χ4n) is 1.66. The minimum atomic E-state index is 0.667. The Hall–Kier alpha value is -0.0800. The molecule has 0 amide bonds. The fraction of sp³-hybridized carbons (Fsp3) is 1.00. The minimum Gasteiger partial charge on any atom is -0.313 e. The van der Waals surface area contributed by atoms with Gasteiger partial charge in [-0.3, -0.25) is 0 Å². The fourth-order valence-corrected chi connectivity index (χ4v) is 1.66. The lowest BCUT2D eigenvalue weighted by atomic mass is 9.99. The van der Waals surface area contributed by atoms with E-state index in [1.807, 2.05) is 0 Å². The Balaban J connectivity index is 3.83. The van der Waals surface area contributed by atoms with Crippen LogP contribution in [0.15, 0.2) is 0 Å². The highest BCUT2D eigenvalue weighted by Gasteiger charge is 2.11.